The minimum Gasteiger partial charge on any atom is -0.369 e. The van der Waals surface area contributed by atoms with Crippen molar-refractivity contribution in [2.75, 3.05) is 5.73 Å². The predicted octanol–water partition coefficient (Wildman–Crippen LogP) is 2.41. The average Bonchev–Trinajstić information content (AvgIpc) is 2.83. The summed E-state index contributed by atoms with van der Waals surface area (Å²) in [4.78, 5) is 4.16. The standard InChI is InChI=1S/C13H13FN4O/c1-7-10(8(2)19-17-7)6-18-12-4-3-9(14)5-11(12)16-13(18)15/h3-5H,6H2,1-2H3,(H2,15,16). The van der Waals surface area contributed by atoms with Crippen LogP contribution in [0.1, 0.15) is 17.0 Å². The zero-order chi connectivity index (χ0) is 13.6. The highest BCUT2D eigenvalue weighted by Crippen LogP contribution is 2.22. The Hall–Kier alpha value is -2.37. The number of anilines is 1. The number of hydrogen-bond donors (Lipinski definition) is 1. The van der Waals surface area contributed by atoms with Gasteiger partial charge in [0.15, 0.2) is 0 Å². The van der Waals surface area contributed by atoms with Gasteiger partial charge in [0.05, 0.1) is 23.3 Å². The molecule has 5 nitrogen and oxygen atoms in total. The van der Waals surface area contributed by atoms with Gasteiger partial charge < -0.3 is 14.8 Å². The molecule has 0 fully saturated rings. The number of rotatable bonds is 2. The number of nitrogens with two attached hydrogens (primary N) is 1. The summed E-state index contributed by atoms with van der Waals surface area (Å²) in [5, 5.41) is 3.91. The first kappa shape index (κ1) is 11.7. The molecule has 2 aromatic heterocycles. The fourth-order valence-electron chi connectivity index (χ4n) is 2.17. The summed E-state index contributed by atoms with van der Waals surface area (Å²) in [5.74, 6) is 0.774. The molecular formula is C13H13FN4O. The average molecular weight is 260 g/mol. The Morgan fingerprint density at radius 2 is 2.16 bits per heavy atom. The fourth-order valence-corrected chi connectivity index (χ4v) is 2.17. The first-order valence-corrected chi connectivity index (χ1v) is 5.89. The van der Waals surface area contributed by atoms with Gasteiger partial charge in [-0.3, -0.25) is 0 Å². The molecule has 0 bridgehead atoms. The van der Waals surface area contributed by atoms with E-state index in [1.807, 2.05) is 18.4 Å². The quantitative estimate of drug-likeness (QED) is 0.768. The third-order valence-electron chi connectivity index (χ3n) is 3.24. The summed E-state index contributed by atoms with van der Waals surface area (Å²) in [6.45, 7) is 4.24. The number of aromatic nitrogens is 3. The third kappa shape index (κ3) is 1.85. The van der Waals surface area contributed by atoms with Crippen molar-refractivity contribution in [3.63, 3.8) is 0 Å². The van der Waals surface area contributed by atoms with E-state index in [1.54, 1.807) is 6.07 Å². The van der Waals surface area contributed by atoms with Gasteiger partial charge >= 0.3 is 0 Å². The molecule has 6 heteroatoms. The van der Waals surface area contributed by atoms with E-state index in [0.717, 1.165) is 22.5 Å². The molecule has 19 heavy (non-hydrogen) atoms. The van der Waals surface area contributed by atoms with Gasteiger partial charge in [-0.1, -0.05) is 5.16 Å². The number of nitrogen functional groups attached to an aromatic ring is 1. The molecule has 0 atom stereocenters. The molecule has 2 heterocycles. The SMILES string of the molecule is Cc1noc(C)c1Cn1c(N)nc2cc(F)ccc21. The maximum atomic E-state index is 13.2. The number of halogens is 1. The van der Waals surface area contributed by atoms with E-state index in [-0.39, 0.29) is 5.82 Å². The van der Waals surface area contributed by atoms with Gasteiger partial charge in [0.2, 0.25) is 5.95 Å². The molecule has 3 aromatic rings. The van der Waals surface area contributed by atoms with E-state index < -0.39 is 0 Å². The summed E-state index contributed by atoms with van der Waals surface area (Å²) >= 11 is 0. The Bertz CT molecular complexity index is 740. The normalized spacial score (nSPS) is 11.3. The van der Waals surface area contributed by atoms with Crippen molar-refractivity contribution in [2.24, 2.45) is 0 Å². The van der Waals surface area contributed by atoms with Crippen molar-refractivity contribution in [1.82, 2.24) is 14.7 Å². The zero-order valence-corrected chi connectivity index (χ0v) is 10.6. The number of fused-ring (bicyclic) bond motifs is 1. The van der Waals surface area contributed by atoms with E-state index in [4.69, 9.17) is 10.3 Å². The Labute approximate surface area is 108 Å². The first-order valence-electron chi connectivity index (χ1n) is 5.89. The maximum absolute atomic E-state index is 13.2. The van der Waals surface area contributed by atoms with Crippen LogP contribution in [0.4, 0.5) is 10.3 Å². The van der Waals surface area contributed by atoms with Gasteiger partial charge in [-0.15, -0.1) is 0 Å². The molecule has 3 rings (SSSR count). The third-order valence-corrected chi connectivity index (χ3v) is 3.24. The lowest BCUT2D eigenvalue weighted by Gasteiger charge is -2.05. The van der Waals surface area contributed by atoms with E-state index in [1.165, 1.54) is 12.1 Å². The molecule has 0 saturated carbocycles. The Kier molecular flexibility index (Phi) is 2.51. The largest absolute Gasteiger partial charge is 0.369 e. The second-order valence-electron chi connectivity index (χ2n) is 4.49. The molecule has 0 radical (unpaired) electrons. The van der Waals surface area contributed by atoms with E-state index in [9.17, 15) is 4.39 Å². The minimum atomic E-state index is -0.325. The lowest BCUT2D eigenvalue weighted by Crippen LogP contribution is -2.05. The molecule has 0 amide bonds. The lowest BCUT2D eigenvalue weighted by molar-refractivity contribution is 0.392. The van der Waals surface area contributed by atoms with Crippen LogP contribution < -0.4 is 5.73 Å². The molecule has 0 aliphatic rings. The highest BCUT2D eigenvalue weighted by Gasteiger charge is 2.14. The van der Waals surface area contributed by atoms with Gasteiger partial charge in [-0.2, -0.15) is 0 Å². The second-order valence-corrected chi connectivity index (χ2v) is 4.49. The summed E-state index contributed by atoms with van der Waals surface area (Å²) in [7, 11) is 0. The van der Waals surface area contributed by atoms with E-state index >= 15 is 0 Å². The molecule has 98 valence electrons. The molecule has 0 unspecified atom stereocenters. The molecule has 0 spiro atoms. The van der Waals surface area contributed by atoms with Gasteiger partial charge in [0.1, 0.15) is 11.6 Å². The van der Waals surface area contributed by atoms with Crippen LogP contribution in [-0.2, 0) is 6.54 Å². The van der Waals surface area contributed by atoms with Gasteiger partial charge in [-0.25, -0.2) is 9.37 Å². The lowest BCUT2D eigenvalue weighted by atomic mass is 10.2. The Morgan fingerprint density at radius 1 is 1.37 bits per heavy atom. The van der Waals surface area contributed by atoms with Crippen LogP contribution in [0.3, 0.4) is 0 Å². The topological polar surface area (TPSA) is 69.9 Å². The molecule has 2 N–H and O–H groups in total. The van der Waals surface area contributed by atoms with Crippen molar-refractivity contribution >= 4 is 17.0 Å². The van der Waals surface area contributed by atoms with Crippen molar-refractivity contribution in [3.05, 3.63) is 41.0 Å². The van der Waals surface area contributed by atoms with Crippen molar-refractivity contribution < 1.29 is 8.91 Å². The van der Waals surface area contributed by atoms with Crippen LogP contribution in [0, 0.1) is 19.7 Å². The predicted molar refractivity (Wildman–Crippen MR) is 69.2 cm³/mol. The van der Waals surface area contributed by atoms with E-state index in [2.05, 4.69) is 10.1 Å². The van der Waals surface area contributed by atoms with Crippen molar-refractivity contribution in [2.45, 2.75) is 20.4 Å². The van der Waals surface area contributed by atoms with Crippen LogP contribution in [0.2, 0.25) is 0 Å². The van der Waals surface area contributed by atoms with Crippen molar-refractivity contribution in [1.29, 1.82) is 0 Å². The van der Waals surface area contributed by atoms with Gasteiger partial charge in [-0.05, 0) is 26.0 Å². The van der Waals surface area contributed by atoms with Crippen LogP contribution in [0.5, 0.6) is 0 Å². The van der Waals surface area contributed by atoms with Gasteiger partial charge in [0.25, 0.3) is 0 Å². The number of imidazole rings is 1. The molecule has 0 aliphatic carbocycles. The molecule has 0 saturated heterocycles. The molecule has 1 aromatic carbocycles. The minimum absolute atomic E-state index is 0.325. The monoisotopic (exact) mass is 260 g/mol. The summed E-state index contributed by atoms with van der Waals surface area (Å²) in [6, 6.07) is 4.44. The number of aryl methyl sites for hydroxylation is 2. The van der Waals surface area contributed by atoms with Crippen LogP contribution in [0.25, 0.3) is 11.0 Å². The highest BCUT2D eigenvalue weighted by atomic mass is 19.1. The van der Waals surface area contributed by atoms with Crippen LogP contribution in [0.15, 0.2) is 22.7 Å². The summed E-state index contributed by atoms with van der Waals surface area (Å²) < 4.78 is 20.1. The van der Waals surface area contributed by atoms with Crippen LogP contribution in [-0.4, -0.2) is 14.7 Å². The number of nitrogens with zero attached hydrogens (tertiary/aromatic N) is 3. The Balaban J connectivity index is 2.13. The highest BCUT2D eigenvalue weighted by molar-refractivity contribution is 5.78. The Morgan fingerprint density at radius 3 is 2.84 bits per heavy atom. The number of hydrogen-bond acceptors (Lipinski definition) is 4. The zero-order valence-electron chi connectivity index (χ0n) is 10.6. The summed E-state index contributed by atoms with van der Waals surface area (Å²) in [5.41, 5.74) is 9.02. The van der Waals surface area contributed by atoms with Crippen molar-refractivity contribution in [3.8, 4) is 0 Å². The smallest absolute Gasteiger partial charge is 0.201 e. The van der Waals surface area contributed by atoms with E-state index in [0.29, 0.717) is 18.0 Å². The second kappa shape index (κ2) is 4.08. The number of benzene rings is 1. The maximum Gasteiger partial charge on any atom is 0.201 e. The van der Waals surface area contributed by atoms with Gasteiger partial charge in [0, 0.05) is 11.6 Å². The molecule has 0 aliphatic heterocycles. The summed E-state index contributed by atoms with van der Waals surface area (Å²) in [6.07, 6.45) is 0. The first-order chi connectivity index (χ1) is 9.06. The molecular weight excluding hydrogens is 247 g/mol. The van der Waals surface area contributed by atoms with Crippen LogP contribution >= 0.6 is 0 Å². The fraction of sp³-hybridized carbons (Fsp3) is 0.231.